The summed E-state index contributed by atoms with van der Waals surface area (Å²) in [4.78, 5) is 22.4. The summed E-state index contributed by atoms with van der Waals surface area (Å²) < 4.78 is 4.67. The fourth-order valence-electron chi connectivity index (χ4n) is 3.71. The maximum Gasteiger partial charge on any atom is 0.305 e. The summed E-state index contributed by atoms with van der Waals surface area (Å²) >= 11 is 0. The van der Waals surface area contributed by atoms with Crippen molar-refractivity contribution in [3.63, 3.8) is 0 Å². The summed E-state index contributed by atoms with van der Waals surface area (Å²) in [6.45, 7) is 6.72. The topological polar surface area (TPSA) is 43.4 Å². The lowest BCUT2D eigenvalue weighted by molar-refractivity contribution is -0.140. The first-order chi connectivity index (χ1) is 8.93. The van der Waals surface area contributed by atoms with E-state index >= 15 is 0 Å². The van der Waals surface area contributed by atoms with Gasteiger partial charge in [-0.2, -0.15) is 0 Å². The first-order valence-corrected chi connectivity index (χ1v) is 7.45. The molecule has 1 aliphatic carbocycles. The fraction of sp³-hybridized carbons (Fsp3) is 0.875. The third kappa shape index (κ3) is 4.05. The van der Waals surface area contributed by atoms with Crippen molar-refractivity contribution >= 4 is 12.3 Å². The van der Waals surface area contributed by atoms with E-state index in [0.29, 0.717) is 18.3 Å². The summed E-state index contributed by atoms with van der Waals surface area (Å²) in [6.07, 6.45) is 6.96. The van der Waals surface area contributed by atoms with Gasteiger partial charge >= 0.3 is 5.97 Å². The zero-order chi connectivity index (χ0) is 14.5. The quantitative estimate of drug-likeness (QED) is 0.546. The van der Waals surface area contributed by atoms with Gasteiger partial charge in [0.05, 0.1) is 7.11 Å². The van der Waals surface area contributed by atoms with Crippen LogP contribution in [0.5, 0.6) is 0 Å². The first kappa shape index (κ1) is 16.2. The van der Waals surface area contributed by atoms with E-state index in [9.17, 15) is 9.59 Å². The Morgan fingerprint density at radius 2 is 2.11 bits per heavy atom. The molecule has 3 nitrogen and oxygen atoms in total. The molecular weight excluding hydrogens is 240 g/mol. The Kier molecular flexibility index (Phi) is 6.02. The maximum absolute atomic E-state index is 11.2. The van der Waals surface area contributed by atoms with Gasteiger partial charge in [-0.3, -0.25) is 4.79 Å². The van der Waals surface area contributed by atoms with Gasteiger partial charge in [0.25, 0.3) is 0 Å². The lowest BCUT2D eigenvalue weighted by Gasteiger charge is -2.46. The molecule has 110 valence electrons. The number of hydrogen-bond acceptors (Lipinski definition) is 3. The van der Waals surface area contributed by atoms with Crippen molar-refractivity contribution in [2.45, 2.75) is 59.3 Å². The van der Waals surface area contributed by atoms with E-state index in [4.69, 9.17) is 0 Å². The van der Waals surface area contributed by atoms with Crippen molar-refractivity contribution < 1.29 is 14.3 Å². The molecule has 1 saturated carbocycles. The molecule has 3 atom stereocenters. The van der Waals surface area contributed by atoms with Crippen molar-refractivity contribution in [3.05, 3.63) is 0 Å². The van der Waals surface area contributed by atoms with Gasteiger partial charge < -0.3 is 9.53 Å². The second-order valence-corrected chi connectivity index (χ2v) is 6.55. The molecule has 1 aliphatic rings. The van der Waals surface area contributed by atoms with Crippen LogP contribution >= 0.6 is 0 Å². The number of carbonyl (C=O) groups is 2. The number of hydrogen-bond donors (Lipinski definition) is 0. The predicted molar refractivity (Wildman–Crippen MR) is 75.7 cm³/mol. The Labute approximate surface area is 117 Å². The number of aldehydes is 1. The van der Waals surface area contributed by atoms with E-state index in [-0.39, 0.29) is 17.3 Å². The fourth-order valence-corrected chi connectivity index (χ4v) is 3.71. The summed E-state index contributed by atoms with van der Waals surface area (Å²) in [5.74, 6) is 1.20. The smallest absolute Gasteiger partial charge is 0.305 e. The summed E-state index contributed by atoms with van der Waals surface area (Å²) in [5, 5.41) is 0. The van der Waals surface area contributed by atoms with E-state index in [0.717, 1.165) is 32.0 Å². The lowest BCUT2D eigenvalue weighted by Crippen LogP contribution is -2.40. The first-order valence-electron chi connectivity index (χ1n) is 7.45. The largest absolute Gasteiger partial charge is 0.469 e. The average Bonchev–Trinajstić information content (AvgIpc) is 2.37. The highest BCUT2D eigenvalue weighted by Crippen LogP contribution is 2.48. The van der Waals surface area contributed by atoms with Gasteiger partial charge in [-0.15, -0.1) is 0 Å². The number of carbonyl (C=O) groups excluding carboxylic acids is 2. The van der Waals surface area contributed by atoms with Crippen LogP contribution in [0.2, 0.25) is 0 Å². The van der Waals surface area contributed by atoms with Crippen LogP contribution in [0.15, 0.2) is 0 Å². The minimum Gasteiger partial charge on any atom is -0.469 e. The molecule has 0 amide bonds. The molecule has 0 unspecified atom stereocenters. The summed E-state index contributed by atoms with van der Waals surface area (Å²) in [6, 6.07) is 0. The minimum atomic E-state index is -0.124. The van der Waals surface area contributed by atoms with Crippen molar-refractivity contribution in [1.29, 1.82) is 0 Å². The molecular formula is C16H28O3. The lowest BCUT2D eigenvalue weighted by atomic mass is 9.58. The molecule has 0 spiro atoms. The van der Waals surface area contributed by atoms with Crippen LogP contribution in [0, 0.1) is 23.2 Å². The Morgan fingerprint density at radius 1 is 1.42 bits per heavy atom. The van der Waals surface area contributed by atoms with Crippen LogP contribution in [-0.2, 0) is 14.3 Å². The molecule has 0 aliphatic heterocycles. The van der Waals surface area contributed by atoms with Crippen LogP contribution in [0.3, 0.4) is 0 Å². The van der Waals surface area contributed by atoms with Gasteiger partial charge in [0.2, 0.25) is 0 Å². The highest BCUT2D eigenvalue weighted by atomic mass is 16.5. The molecule has 0 saturated heterocycles. The number of ether oxygens (including phenoxy) is 1. The van der Waals surface area contributed by atoms with Crippen LogP contribution in [0.1, 0.15) is 59.3 Å². The maximum atomic E-state index is 11.2. The molecule has 0 aromatic rings. The predicted octanol–water partition coefficient (Wildman–Crippen LogP) is 3.61. The van der Waals surface area contributed by atoms with Crippen LogP contribution in [-0.4, -0.2) is 19.4 Å². The van der Waals surface area contributed by atoms with E-state index in [2.05, 4.69) is 25.5 Å². The van der Waals surface area contributed by atoms with Gasteiger partial charge in [-0.1, -0.05) is 27.2 Å². The summed E-state index contributed by atoms with van der Waals surface area (Å²) in [7, 11) is 1.44. The summed E-state index contributed by atoms with van der Waals surface area (Å²) in [5.41, 5.74) is 0.0880. The molecule has 0 aromatic carbocycles. The number of methoxy groups -OCH3 is 1. The van der Waals surface area contributed by atoms with Crippen LogP contribution in [0.4, 0.5) is 0 Å². The van der Waals surface area contributed by atoms with E-state index in [1.165, 1.54) is 13.5 Å². The highest BCUT2D eigenvalue weighted by molar-refractivity contribution is 5.68. The molecule has 1 rings (SSSR count). The SMILES string of the molecule is COC(=O)CCC[C@@H](C)[C@H]1CCC[C@@H](C=O)C1(C)C. The van der Waals surface area contributed by atoms with Crippen LogP contribution in [0.25, 0.3) is 0 Å². The Hall–Kier alpha value is -0.860. The average molecular weight is 268 g/mol. The third-order valence-corrected chi connectivity index (χ3v) is 5.06. The second-order valence-electron chi connectivity index (χ2n) is 6.55. The van der Waals surface area contributed by atoms with Gasteiger partial charge in [0, 0.05) is 12.3 Å². The molecule has 0 bridgehead atoms. The zero-order valence-electron chi connectivity index (χ0n) is 12.8. The van der Waals surface area contributed by atoms with Gasteiger partial charge in [-0.25, -0.2) is 0 Å². The molecule has 19 heavy (non-hydrogen) atoms. The van der Waals surface area contributed by atoms with Gasteiger partial charge in [0.15, 0.2) is 0 Å². The van der Waals surface area contributed by atoms with Gasteiger partial charge in [-0.05, 0) is 42.9 Å². The van der Waals surface area contributed by atoms with Crippen molar-refractivity contribution in [1.82, 2.24) is 0 Å². The van der Waals surface area contributed by atoms with E-state index in [1.54, 1.807) is 0 Å². The monoisotopic (exact) mass is 268 g/mol. The van der Waals surface area contributed by atoms with Crippen molar-refractivity contribution in [2.75, 3.05) is 7.11 Å². The highest BCUT2D eigenvalue weighted by Gasteiger charge is 2.42. The zero-order valence-corrected chi connectivity index (χ0v) is 12.8. The molecule has 0 radical (unpaired) electrons. The Morgan fingerprint density at radius 3 is 2.68 bits per heavy atom. The number of rotatable bonds is 6. The van der Waals surface area contributed by atoms with E-state index in [1.807, 2.05) is 0 Å². The normalized spacial score (nSPS) is 27.6. The molecule has 0 N–H and O–H groups in total. The minimum absolute atomic E-state index is 0.0880. The molecule has 0 heterocycles. The molecule has 1 fully saturated rings. The Bertz CT molecular complexity index is 309. The third-order valence-electron chi connectivity index (χ3n) is 5.06. The van der Waals surface area contributed by atoms with Crippen LogP contribution < -0.4 is 0 Å². The van der Waals surface area contributed by atoms with E-state index < -0.39 is 0 Å². The van der Waals surface area contributed by atoms with Gasteiger partial charge in [0.1, 0.15) is 6.29 Å². The number of esters is 1. The standard InChI is InChI=1S/C16H28O3/c1-12(7-5-10-15(18)19-4)14-9-6-8-13(11-17)16(14,2)3/h11-14H,5-10H2,1-4H3/t12-,13+,14-/m1/s1. The van der Waals surface area contributed by atoms with Crippen molar-refractivity contribution in [3.8, 4) is 0 Å². The van der Waals surface area contributed by atoms with Crippen molar-refractivity contribution in [2.24, 2.45) is 23.2 Å². The molecule has 3 heteroatoms. The Balaban J connectivity index is 2.52. The molecule has 0 aromatic heterocycles. The second kappa shape index (κ2) is 7.06.